The third kappa shape index (κ3) is 2.25. The van der Waals surface area contributed by atoms with Gasteiger partial charge in [-0.25, -0.2) is 9.78 Å². The van der Waals surface area contributed by atoms with Crippen molar-refractivity contribution in [3.8, 4) is 0 Å². The van der Waals surface area contributed by atoms with E-state index in [9.17, 15) is 4.79 Å². The van der Waals surface area contributed by atoms with E-state index in [-0.39, 0.29) is 5.56 Å². The predicted molar refractivity (Wildman–Crippen MR) is 70.9 cm³/mol. The number of nitrogen functional groups attached to an aromatic ring is 1. The van der Waals surface area contributed by atoms with Gasteiger partial charge in [0.15, 0.2) is 5.82 Å². The SMILES string of the molecule is CC1CCCC(C)N1c1ncc(C(=O)O)cc1N. The Labute approximate surface area is 107 Å². The Morgan fingerprint density at radius 1 is 1.44 bits per heavy atom. The number of aromatic nitrogens is 1. The number of carbonyl (C=O) groups is 1. The van der Waals surface area contributed by atoms with Crippen LogP contribution in [0.15, 0.2) is 12.3 Å². The Balaban J connectivity index is 2.35. The molecule has 1 aliphatic rings. The molecule has 1 aromatic heterocycles. The van der Waals surface area contributed by atoms with E-state index in [4.69, 9.17) is 10.8 Å². The summed E-state index contributed by atoms with van der Waals surface area (Å²) in [6.45, 7) is 4.31. The molecular weight excluding hydrogens is 230 g/mol. The van der Waals surface area contributed by atoms with Crippen LogP contribution in [0.1, 0.15) is 43.5 Å². The molecule has 0 aliphatic carbocycles. The van der Waals surface area contributed by atoms with E-state index in [2.05, 4.69) is 23.7 Å². The van der Waals surface area contributed by atoms with Gasteiger partial charge in [-0.1, -0.05) is 0 Å². The zero-order valence-electron chi connectivity index (χ0n) is 10.8. The highest BCUT2D eigenvalue weighted by atomic mass is 16.4. The maximum absolute atomic E-state index is 10.9. The van der Waals surface area contributed by atoms with Gasteiger partial charge < -0.3 is 15.7 Å². The van der Waals surface area contributed by atoms with E-state index < -0.39 is 5.97 Å². The molecule has 2 heterocycles. The van der Waals surface area contributed by atoms with Crippen LogP contribution in [0.3, 0.4) is 0 Å². The van der Waals surface area contributed by atoms with Crippen LogP contribution in [-0.2, 0) is 0 Å². The van der Waals surface area contributed by atoms with Gasteiger partial charge in [0.1, 0.15) is 0 Å². The number of pyridine rings is 1. The summed E-state index contributed by atoms with van der Waals surface area (Å²) in [7, 11) is 0. The monoisotopic (exact) mass is 249 g/mol. The summed E-state index contributed by atoms with van der Waals surface area (Å²) in [5.74, 6) is -0.291. The highest BCUT2D eigenvalue weighted by molar-refractivity contribution is 5.89. The summed E-state index contributed by atoms with van der Waals surface area (Å²) >= 11 is 0. The van der Waals surface area contributed by atoms with Gasteiger partial charge >= 0.3 is 5.97 Å². The van der Waals surface area contributed by atoms with E-state index in [0.717, 1.165) is 12.8 Å². The molecule has 1 fully saturated rings. The fourth-order valence-corrected chi connectivity index (χ4v) is 2.65. The molecule has 0 bridgehead atoms. The Bertz CT molecular complexity index is 452. The largest absolute Gasteiger partial charge is 0.478 e. The first-order chi connectivity index (χ1) is 8.50. The van der Waals surface area contributed by atoms with Crippen molar-refractivity contribution in [2.75, 3.05) is 10.6 Å². The van der Waals surface area contributed by atoms with Gasteiger partial charge in [-0.3, -0.25) is 0 Å². The number of rotatable bonds is 2. The molecule has 0 radical (unpaired) electrons. The van der Waals surface area contributed by atoms with Crippen LogP contribution >= 0.6 is 0 Å². The van der Waals surface area contributed by atoms with Crippen molar-refractivity contribution in [2.24, 2.45) is 0 Å². The first-order valence-electron chi connectivity index (χ1n) is 6.28. The van der Waals surface area contributed by atoms with Crippen LogP contribution < -0.4 is 10.6 Å². The van der Waals surface area contributed by atoms with Crippen LogP contribution in [0.25, 0.3) is 0 Å². The van der Waals surface area contributed by atoms with Crippen LogP contribution in [0.5, 0.6) is 0 Å². The molecule has 1 aliphatic heterocycles. The summed E-state index contributed by atoms with van der Waals surface area (Å²) in [6, 6.07) is 2.26. The van der Waals surface area contributed by atoms with E-state index in [1.807, 2.05) is 0 Å². The predicted octanol–water partition coefficient (Wildman–Crippen LogP) is 2.13. The second-order valence-corrected chi connectivity index (χ2v) is 4.98. The van der Waals surface area contributed by atoms with Crippen molar-refractivity contribution < 1.29 is 9.90 Å². The molecule has 5 nitrogen and oxygen atoms in total. The number of carboxylic acid groups (broad SMARTS) is 1. The highest BCUT2D eigenvalue weighted by Crippen LogP contribution is 2.31. The number of aromatic carboxylic acids is 1. The van der Waals surface area contributed by atoms with Crippen molar-refractivity contribution in [2.45, 2.75) is 45.2 Å². The van der Waals surface area contributed by atoms with Crippen molar-refractivity contribution in [1.29, 1.82) is 0 Å². The van der Waals surface area contributed by atoms with E-state index in [0.29, 0.717) is 23.6 Å². The lowest BCUT2D eigenvalue weighted by atomic mass is 9.97. The maximum atomic E-state index is 10.9. The minimum atomic E-state index is -1.000. The first-order valence-corrected chi connectivity index (χ1v) is 6.28. The van der Waals surface area contributed by atoms with Crippen molar-refractivity contribution in [1.82, 2.24) is 4.98 Å². The number of nitrogens with two attached hydrogens (primary N) is 1. The Hall–Kier alpha value is -1.78. The molecule has 3 N–H and O–H groups in total. The smallest absolute Gasteiger partial charge is 0.337 e. The third-order valence-electron chi connectivity index (χ3n) is 3.58. The highest BCUT2D eigenvalue weighted by Gasteiger charge is 2.27. The van der Waals surface area contributed by atoms with Gasteiger partial charge in [-0.15, -0.1) is 0 Å². The molecule has 0 amide bonds. The van der Waals surface area contributed by atoms with Gasteiger partial charge in [0, 0.05) is 18.3 Å². The molecule has 2 atom stereocenters. The molecule has 1 saturated heterocycles. The number of piperidine rings is 1. The second-order valence-electron chi connectivity index (χ2n) is 4.98. The summed E-state index contributed by atoms with van der Waals surface area (Å²) in [5, 5.41) is 8.91. The Kier molecular flexibility index (Phi) is 3.41. The third-order valence-corrected chi connectivity index (χ3v) is 3.58. The molecule has 0 aromatic carbocycles. The zero-order chi connectivity index (χ0) is 13.3. The first kappa shape index (κ1) is 12.7. The molecule has 0 spiro atoms. The Morgan fingerprint density at radius 3 is 2.56 bits per heavy atom. The van der Waals surface area contributed by atoms with Gasteiger partial charge in [0.25, 0.3) is 0 Å². The standard InChI is InChI=1S/C13H19N3O2/c1-8-4-3-5-9(2)16(8)12-11(14)6-10(7-15-12)13(17)18/h6-9H,3-5,14H2,1-2H3,(H,17,18). The number of hydrogen-bond acceptors (Lipinski definition) is 4. The van der Waals surface area contributed by atoms with Crippen molar-refractivity contribution in [3.05, 3.63) is 17.8 Å². The van der Waals surface area contributed by atoms with Crippen LogP contribution in [0.2, 0.25) is 0 Å². The average Bonchev–Trinajstić information content (AvgIpc) is 2.30. The molecule has 0 saturated carbocycles. The van der Waals surface area contributed by atoms with E-state index in [1.165, 1.54) is 18.7 Å². The van der Waals surface area contributed by atoms with Gasteiger partial charge in [0.05, 0.1) is 11.3 Å². The lowest BCUT2D eigenvalue weighted by Crippen LogP contribution is -2.44. The number of hydrogen-bond donors (Lipinski definition) is 2. The topological polar surface area (TPSA) is 79.5 Å². The quantitative estimate of drug-likeness (QED) is 0.839. The maximum Gasteiger partial charge on any atom is 0.337 e. The molecule has 2 rings (SSSR count). The normalized spacial score (nSPS) is 24.0. The minimum Gasteiger partial charge on any atom is -0.478 e. The molecule has 18 heavy (non-hydrogen) atoms. The van der Waals surface area contributed by atoms with Gasteiger partial charge in [0.2, 0.25) is 0 Å². The fraction of sp³-hybridized carbons (Fsp3) is 0.538. The number of carboxylic acids is 1. The summed E-state index contributed by atoms with van der Waals surface area (Å²) < 4.78 is 0. The molecular formula is C13H19N3O2. The summed E-state index contributed by atoms with van der Waals surface area (Å²) in [4.78, 5) is 17.3. The molecule has 1 aromatic rings. The summed E-state index contributed by atoms with van der Waals surface area (Å²) in [6.07, 6.45) is 4.83. The van der Waals surface area contributed by atoms with Crippen molar-refractivity contribution in [3.63, 3.8) is 0 Å². The lowest BCUT2D eigenvalue weighted by molar-refractivity contribution is 0.0696. The van der Waals surface area contributed by atoms with Crippen molar-refractivity contribution >= 4 is 17.5 Å². The Morgan fingerprint density at radius 2 is 2.06 bits per heavy atom. The van der Waals surface area contributed by atoms with Gasteiger partial charge in [-0.05, 0) is 39.2 Å². The van der Waals surface area contributed by atoms with Crippen LogP contribution in [-0.4, -0.2) is 28.1 Å². The van der Waals surface area contributed by atoms with Crippen LogP contribution in [0, 0.1) is 0 Å². The fourth-order valence-electron chi connectivity index (χ4n) is 2.65. The van der Waals surface area contributed by atoms with E-state index >= 15 is 0 Å². The molecule has 98 valence electrons. The zero-order valence-corrected chi connectivity index (χ0v) is 10.8. The minimum absolute atomic E-state index is 0.133. The van der Waals surface area contributed by atoms with E-state index in [1.54, 1.807) is 0 Å². The van der Waals surface area contributed by atoms with Crippen LogP contribution in [0.4, 0.5) is 11.5 Å². The number of nitrogens with zero attached hydrogens (tertiary/aromatic N) is 2. The lowest BCUT2D eigenvalue weighted by Gasteiger charge is -2.40. The second kappa shape index (κ2) is 4.84. The molecule has 5 heteroatoms. The molecule has 2 unspecified atom stereocenters. The number of anilines is 2. The average molecular weight is 249 g/mol. The summed E-state index contributed by atoms with van der Waals surface area (Å²) in [5.41, 5.74) is 6.52. The van der Waals surface area contributed by atoms with Gasteiger partial charge in [-0.2, -0.15) is 0 Å².